The Hall–Kier alpha value is -3.71. The van der Waals surface area contributed by atoms with Crippen LogP contribution in [0.3, 0.4) is 0 Å². The van der Waals surface area contributed by atoms with Crippen LogP contribution in [-0.4, -0.2) is 25.7 Å². The lowest BCUT2D eigenvalue weighted by Gasteiger charge is -2.09. The third-order valence-corrected chi connectivity index (χ3v) is 4.20. The fraction of sp³-hybridized carbons (Fsp3) is 0.0476. The Morgan fingerprint density at radius 3 is 2.62 bits per heavy atom. The molecule has 2 heterocycles. The van der Waals surface area contributed by atoms with Crippen LogP contribution < -0.4 is 10.1 Å². The van der Waals surface area contributed by atoms with Gasteiger partial charge < -0.3 is 10.1 Å². The van der Waals surface area contributed by atoms with Crippen molar-refractivity contribution in [2.45, 2.75) is 6.92 Å². The van der Waals surface area contributed by atoms with Crippen LogP contribution in [0, 0.1) is 6.92 Å². The molecule has 1 amide bonds. The average Bonchev–Trinajstić information content (AvgIpc) is 3.24. The van der Waals surface area contributed by atoms with E-state index in [1.54, 1.807) is 78.6 Å². The molecule has 2 aromatic carbocycles. The van der Waals surface area contributed by atoms with Crippen molar-refractivity contribution in [3.63, 3.8) is 0 Å². The van der Waals surface area contributed by atoms with E-state index in [9.17, 15) is 4.79 Å². The van der Waals surface area contributed by atoms with Gasteiger partial charge in [0, 0.05) is 34.7 Å². The van der Waals surface area contributed by atoms with Gasteiger partial charge in [0.15, 0.2) is 5.82 Å². The summed E-state index contributed by atoms with van der Waals surface area (Å²) in [6.07, 6.45) is 3.47. The van der Waals surface area contributed by atoms with Crippen LogP contribution in [0.25, 0.3) is 5.82 Å². The lowest BCUT2D eigenvalue weighted by molar-refractivity contribution is 0.102. The first-order valence-corrected chi connectivity index (χ1v) is 9.15. The number of hydrogen-bond donors (Lipinski definition) is 1. The molecule has 0 aliphatic rings. The number of anilines is 1. The predicted octanol–water partition coefficient (Wildman–Crippen LogP) is 4.67. The number of hydrogen-bond acceptors (Lipinski definition) is 5. The first kappa shape index (κ1) is 18.6. The summed E-state index contributed by atoms with van der Waals surface area (Å²) in [6, 6.07) is 17.3. The Bertz CT molecular complexity index is 1140. The largest absolute Gasteiger partial charge is 0.439 e. The lowest BCUT2D eigenvalue weighted by atomic mass is 10.2. The molecular weight excluding hydrogens is 390 g/mol. The van der Waals surface area contributed by atoms with Gasteiger partial charge in [-0.2, -0.15) is 10.1 Å². The molecule has 0 fully saturated rings. The number of nitrogens with zero attached hydrogens (tertiary/aromatic N) is 4. The standard InChI is InChI=1S/C21H16ClN5O2/c1-14-24-19(27-11-3-10-23-27)13-20(25-14)29-18-8-6-17(7-9-18)26-21(28)15-4-2-5-16(22)12-15/h2-13H,1H3,(H,26,28). The molecule has 2 aromatic heterocycles. The topological polar surface area (TPSA) is 81.9 Å². The molecular formula is C21H16ClN5O2. The molecule has 4 aromatic rings. The zero-order valence-corrected chi connectivity index (χ0v) is 16.2. The van der Waals surface area contributed by atoms with E-state index >= 15 is 0 Å². The molecule has 0 aliphatic carbocycles. The summed E-state index contributed by atoms with van der Waals surface area (Å²) in [5.74, 6) is 1.92. The van der Waals surface area contributed by atoms with Crippen molar-refractivity contribution in [2.24, 2.45) is 0 Å². The van der Waals surface area contributed by atoms with Gasteiger partial charge in [0.1, 0.15) is 11.6 Å². The Balaban J connectivity index is 1.47. The van der Waals surface area contributed by atoms with Crippen molar-refractivity contribution < 1.29 is 9.53 Å². The van der Waals surface area contributed by atoms with Crippen molar-refractivity contribution in [3.8, 4) is 17.4 Å². The van der Waals surface area contributed by atoms with Crippen LogP contribution in [0.5, 0.6) is 11.6 Å². The summed E-state index contributed by atoms with van der Waals surface area (Å²) in [5.41, 5.74) is 1.12. The van der Waals surface area contributed by atoms with Gasteiger partial charge in [-0.05, 0) is 55.5 Å². The van der Waals surface area contributed by atoms with Gasteiger partial charge >= 0.3 is 0 Å². The third-order valence-electron chi connectivity index (χ3n) is 3.96. The smallest absolute Gasteiger partial charge is 0.255 e. The maximum Gasteiger partial charge on any atom is 0.255 e. The molecule has 8 heteroatoms. The number of carbonyl (C=O) groups is 1. The molecule has 0 radical (unpaired) electrons. The second kappa shape index (κ2) is 8.12. The van der Waals surface area contributed by atoms with Crippen molar-refractivity contribution >= 4 is 23.2 Å². The highest BCUT2D eigenvalue weighted by atomic mass is 35.5. The first-order chi connectivity index (χ1) is 14.1. The molecule has 0 atom stereocenters. The highest BCUT2D eigenvalue weighted by Gasteiger charge is 2.09. The highest BCUT2D eigenvalue weighted by Crippen LogP contribution is 2.23. The van der Waals surface area contributed by atoms with E-state index in [2.05, 4.69) is 20.4 Å². The number of rotatable bonds is 5. The molecule has 0 aliphatic heterocycles. The van der Waals surface area contributed by atoms with E-state index in [1.807, 2.05) is 6.07 Å². The second-order valence-electron chi connectivity index (χ2n) is 6.15. The van der Waals surface area contributed by atoms with Crippen molar-refractivity contribution in [2.75, 3.05) is 5.32 Å². The number of ether oxygens (including phenoxy) is 1. The molecule has 0 saturated heterocycles. The maximum atomic E-state index is 12.3. The Labute approximate surface area is 172 Å². The Morgan fingerprint density at radius 2 is 1.90 bits per heavy atom. The van der Waals surface area contributed by atoms with Crippen LogP contribution in [0.15, 0.2) is 73.1 Å². The zero-order valence-electron chi connectivity index (χ0n) is 15.4. The summed E-state index contributed by atoms with van der Waals surface area (Å²) in [6.45, 7) is 1.79. The van der Waals surface area contributed by atoms with Crippen LogP contribution in [-0.2, 0) is 0 Å². The molecule has 144 valence electrons. The van der Waals surface area contributed by atoms with Crippen LogP contribution in [0.4, 0.5) is 5.69 Å². The van der Waals surface area contributed by atoms with Gasteiger partial charge in [0.2, 0.25) is 5.88 Å². The first-order valence-electron chi connectivity index (χ1n) is 8.77. The zero-order chi connectivity index (χ0) is 20.2. The minimum atomic E-state index is -0.239. The highest BCUT2D eigenvalue weighted by molar-refractivity contribution is 6.31. The molecule has 0 unspecified atom stereocenters. The number of benzene rings is 2. The van der Waals surface area contributed by atoms with Gasteiger partial charge in [-0.1, -0.05) is 17.7 Å². The summed E-state index contributed by atoms with van der Waals surface area (Å²) >= 11 is 5.93. The normalized spacial score (nSPS) is 10.6. The fourth-order valence-electron chi connectivity index (χ4n) is 2.66. The average molecular weight is 406 g/mol. The van der Waals surface area contributed by atoms with E-state index in [4.69, 9.17) is 16.3 Å². The maximum absolute atomic E-state index is 12.3. The SMILES string of the molecule is Cc1nc(Oc2ccc(NC(=O)c3cccc(Cl)c3)cc2)cc(-n2cccn2)n1. The van der Waals surface area contributed by atoms with Gasteiger partial charge in [0.05, 0.1) is 0 Å². The molecule has 29 heavy (non-hydrogen) atoms. The molecule has 0 spiro atoms. The van der Waals surface area contributed by atoms with E-state index < -0.39 is 0 Å². The van der Waals surface area contributed by atoms with Crippen molar-refractivity contribution in [3.05, 3.63) is 89.5 Å². The number of nitrogens with one attached hydrogen (secondary N) is 1. The van der Waals surface area contributed by atoms with Gasteiger partial charge in [-0.25, -0.2) is 9.67 Å². The molecule has 0 bridgehead atoms. The van der Waals surface area contributed by atoms with E-state index in [0.29, 0.717) is 39.5 Å². The van der Waals surface area contributed by atoms with Crippen LogP contribution >= 0.6 is 11.6 Å². The molecule has 7 nitrogen and oxygen atoms in total. The summed E-state index contributed by atoms with van der Waals surface area (Å²) in [4.78, 5) is 21.0. The third kappa shape index (κ3) is 4.59. The summed E-state index contributed by atoms with van der Waals surface area (Å²) in [5, 5.41) is 7.50. The van der Waals surface area contributed by atoms with Gasteiger partial charge in [-0.15, -0.1) is 0 Å². The van der Waals surface area contributed by atoms with Gasteiger partial charge in [0.25, 0.3) is 5.91 Å². The number of carbonyl (C=O) groups excluding carboxylic acids is 1. The van der Waals surface area contributed by atoms with Crippen molar-refractivity contribution in [1.29, 1.82) is 0 Å². The number of aryl methyl sites for hydroxylation is 1. The van der Waals surface area contributed by atoms with Gasteiger partial charge in [-0.3, -0.25) is 4.79 Å². The van der Waals surface area contributed by atoms with Crippen LogP contribution in [0.1, 0.15) is 16.2 Å². The number of halogens is 1. The molecule has 0 saturated carbocycles. The quantitative estimate of drug-likeness (QED) is 0.521. The molecule has 4 rings (SSSR count). The predicted molar refractivity (Wildman–Crippen MR) is 110 cm³/mol. The number of amides is 1. The summed E-state index contributed by atoms with van der Waals surface area (Å²) in [7, 11) is 0. The monoisotopic (exact) mass is 405 g/mol. The minimum absolute atomic E-state index is 0.239. The summed E-state index contributed by atoms with van der Waals surface area (Å²) < 4.78 is 7.47. The second-order valence-corrected chi connectivity index (χ2v) is 6.59. The molecule has 1 N–H and O–H groups in total. The van der Waals surface area contributed by atoms with E-state index in [0.717, 1.165) is 0 Å². The van der Waals surface area contributed by atoms with Crippen molar-refractivity contribution in [1.82, 2.24) is 19.7 Å². The lowest BCUT2D eigenvalue weighted by Crippen LogP contribution is -2.11. The van der Waals surface area contributed by atoms with E-state index in [1.165, 1.54) is 0 Å². The minimum Gasteiger partial charge on any atom is -0.439 e. The van der Waals surface area contributed by atoms with Crippen LogP contribution in [0.2, 0.25) is 5.02 Å². The Kier molecular flexibility index (Phi) is 5.22. The number of aromatic nitrogens is 4. The van der Waals surface area contributed by atoms with E-state index in [-0.39, 0.29) is 5.91 Å². The fourth-order valence-corrected chi connectivity index (χ4v) is 2.85. The Morgan fingerprint density at radius 1 is 1.07 bits per heavy atom.